The largest absolute Gasteiger partial charge is 0.490 e. The molecule has 7 nitrogen and oxygen atoms in total. The lowest BCUT2D eigenvalue weighted by molar-refractivity contribution is -0.385. The van der Waals surface area contributed by atoms with Crippen molar-refractivity contribution in [2.75, 3.05) is 12.4 Å². The number of benzene rings is 2. The Morgan fingerprint density at radius 2 is 2.08 bits per heavy atom. The Bertz CT molecular complexity index is 818. The first-order chi connectivity index (χ1) is 11.5. The van der Waals surface area contributed by atoms with Gasteiger partial charge in [-0.05, 0) is 12.1 Å². The Balaban J connectivity index is 2.14. The summed E-state index contributed by atoms with van der Waals surface area (Å²) in [6.45, 7) is 0. The number of hydrogen-bond acceptors (Lipinski definition) is 6. The van der Waals surface area contributed by atoms with Gasteiger partial charge in [0, 0.05) is 29.6 Å². The number of nitrogens with zero attached hydrogens (tertiary/aromatic N) is 3. The Labute approximate surface area is 141 Å². The summed E-state index contributed by atoms with van der Waals surface area (Å²) >= 11 is 5.95. The van der Waals surface area contributed by atoms with Crippen LogP contribution in [0.15, 0.2) is 47.5 Å². The maximum atomic E-state index is 15.7. The van der Waals surface area contributed by atoms with E-state index in [1.165, 1.54) is 13.2 Å². The normalized spacial score (nSPS) is 18.9. The highest BCUT2D eigenvalue weighted by atomic mass is 35.5. The summed E-state index contributed by atoms with van der Waals surface area (Å²) in [5.41, 5.74) is 0.164. The zero-order chi connectivity index (χ0) is 17.3. The number of ether oxygens (including phenoxy) is 1. The first kappa shape index (κ1) is 16.0. The molecule has 0 aromatic heterocycles. The van der Waals surface area contributed by atoms with Crippen LogP contribution >= 0.6 is 11.8 Å². The van der Waals surface area contributed by atoms with E-state index in [0.29, 0.717) is 10.1 Å². The Morgan fingerprint density at radius 3 is 2.71 bits per heavy atom. The molecule has 1 unspecified atom stereocenters. The third-order valence-corrected chi connectivity index (χ3v) is 3.85. The number of halogens is 2. The molecule has 1 heterocycles. The molecule has 0 fully saturated rings. The molecule has 124 valence electrons. The quantitative estimate of drug-likeness (QED) is 0.391. The number of aliphatic imine (C=N–C) groups is 1. The Kier molecular flexibility index (Phi) is 3.98. The van der Waals surface area contributed by atoms with Crippen LogP contribution in [0.1, 0.15) is 5.56 Å². The number of nitro benzene ring substituents is 1. The minimum atomic E-state index is -2.42. The van der Waals surface area contributed by atoms with Gasteiger partial charge in [0.15, 0.2) is 5.75 Å². The van der Waals surface area contributed by atoms with E-state index in [-0.39, 0.29) is 22.7 Å². The molecule has 0 aliphatic carbocycles. The molecule has 2 aromatic carbocycles. The fraction of sp³-hybridized carbons (Fsp3) is 0.133. The summed E-state index contributed by atoms with van der Waals surface area (Å²) in [7, 11) is 1.29. The Hall–Kier alpha value is -2.87. The van der Waals surface area contributed by atoms with Crippen molar-refractivity contribution in [2.45, 2.75) is 5.92 Å². The Morgan fingerprint density at radius 1 is 1.38 bits per heavy atom. The molecular weight excluding hydrogens is 339 g/mol. The van der Waals surface area contributed by atoms with E-state index >= 15 is 4.39 Å². The van der Waals surface area contributed by atoms with Gasteiger partial charge in [-0.25, -0.2) is 9.41 Å². The zero-order valence-electron chi connectivity index (χ0n) is 12.4. The minimum absolute atomic E-state index is 0.0130. The van der Waals surface area contributed by atoms with Gasteiger partial charge in [0.25, 0.3) is 0 Å². The monoisotopic (exact) mass is 350 g/mol. The minimum Gasteiger partial charge on any atom is -0.490 e. The number of fused-ring (bicyclic) bond motifs is 1. The lowest BCUT2D eigenvalue weighted by atomic mass is 10.0. The average molecular weight is 351 g/mol. The molecule has 0 radical (unpaired) electrons. The number of anilines is 1. The molecule has 9 heteroatoms. The molecular formula is C15H12ClFN4O3. The van der Waals surface area contributed by atoms with Crippen molar-refractivity contribution in [3.63, 3.8) is 0 Å². The van der Waals surface area contributed by atoms with Crippen LogP contribution in [0, 0.1) is 10.1 Å². The second kappa shape index (κ2) is 5.97. The van der Waals surface area contributed by atoms with E-state index in [4.69, 9.17) is 16.5 Å². The maximum Gasteiger partial charge on any atom is 0.311 e. The lowest BCUT2D eigenvalue weighted by Crippen LogP contribution is -2.44. The van der Waals surface area contributed by atoms with Crippen LogP contribution in [-0.4, -0.2) is 22.8 Å². The van der Waals surface area contributed by atoms with Crippen molar-refractivity contribution in [3.8, 4) is 5.75 Å². The molecule has 0 bridgehead atoms. The molecule has 0 spiro atoms. The fourth-order valence-corrected chi connectivity index (χ4v) is 2.55. The van der Waals surface area contributed by atoms with Crippen LogP contribution in [0.3, 0.4) is 0 Å². The summed E-state index contributed by atoms with van der Waals surface area (Å²) < 4.78 is 21.3. The molecule has 3 rings (SSSR count). The van der Waals surface area contributed by atoms with E-state index in [1.54, 1.807) is 30.3 Å². The zero-order valence-corrected chi connectivity index (χ0v) is 13.2. The standard InChI is InChI=1S/C15H12ClFN4O3/c1-24-14-8-12-11(7-13(14)21(22)23)15(17,20(16)9-18-12)19-10-5-3-2-4-6-10/h2-9,19H,1H3. The number of nitrogens with one attached hydrogen (secondary N) is 1. The van der Waals surface area contributed by atoms with Crippen LogP contribution < -0.4 is 10.1 Å². The SMILES string of the molecule is COc1cc2c(cc1[N+](=O)[O-])C(F)(Nc1ccccc1)N(Cl)C=N2. The van der Waals surface area contributed by atoms with E-state index in [2.05, 4.69) is 10.3 Å². The van der Waals surface area contributed by atoms with Crippen molar-refractivity contribution in [3.05, 3.63) is 58.1 Å². The molecule has 1 aliphatic heterocycles. The highest BCUT2D eigenvalue weighted by Gasteiger charge is 2.44. The molecule has 0 saturated carbocycles. The maximum absolute atomic E-state index is 15.7. The predicted molar refractivity (Wildman–Crippen MR) is 88.3 cm³/mol. The highest BCUT2D eigenvalue weighted by molar-refractivity contribution is 6.20. The predicted octanol–water partition coefficient (Wildman–Crippen LogP) is 3.92. The molecule has 0 amide bonds. The molecule has 24 heavy (non-hydrogen) atoms. The van der Waals surface area contributed by atoms with Crippen LogP contribution in [-0.2, 0) is 5.92 Å². The first-order valence-corrected chi connectivity index (χ1v) is 7.18. The number of methoxy groups -OCH3 is 1. The van der Waals surface area contributed by atoms with Gasteiger partial charge in [0.05, 0.1) is 23.3 Å². The topological polar surface area (TPSA) is 80.0 Å². The second-order valence-electron chi connectivity index (χ2n) is 4.97. The fourth-order valence-electron chi connectivity index (χ4n) is 2.38. The van der Waals surface area contributed by atoms with Crippen LogP contribution in [0.2, 0.25) is 0 Å². The summed E-state index contributed by atoms with van der Waals surface area (Å²) in [5.74, 6) is -2.43. The summed E-state index contributed by atoms with van der Waals surface area (Å²) in [4.78, 5) is 14.6. The number of hydrogen-bond donors (Lipinski definition) is 1. The van der Waals surface area contributed by atoms with Crippen molar-refractivity contribution < 1.29 is 14.1 Å². The molecule has 1 aliphatic rings. The number of nitro groups is 1. The highest BCUT2D eigenvalue weighted by Crippen LogP contribution is 2.45. The first-order valence-electron chi connectivity index (χ1n) is 6.84. The van der Waals surface area contributed by atoms with E-state index in [9.17, 15) is 10.1 Å². The molecule has 1 N–H and O–H groups in total. The molecule has 1 atom stereocenters. The van der Waals surface area contributed by atoms with E-state index < -0.39 is 10.8 Å². The van der Waals surface area contributed by atoms with Gasteiger partial charge in [0.1, 0.15) is 6.34 Å². The van der Waals surface area contributed by atoms with E-state index in [0.717, 1.165) is 12.4 Å². The smallest absolute Gasteiger partial charge is 0.311 e. The van der Waals surface area contributed by atoms with E-state index in [1.807, 2.05) is 0 Å². The van der Waals surface area contributed by atoms with Crippen molar-refractivity contribution in [2.24, 2.45) is 4.99 Å². The second-order valence-corrected chi connectivity index (χ2v) is 5.33. The third kappa shape index (κ3) is 2.61. The van der Waals surface area contributed by atoms with Gasteiger partial charge in [-0.15, -0.1) is 0 Å². The van der Waals surface area contributed by atoms with Crippen LogP contribution in [0.5, 0.6) is 5.75 Å². The van der Waals surface area contributed by atoms with Crippen molar-refractivity contribution in [1.29, 1.82) is 0 Å². The summed E-state index contributed by atoms with van der Waals surface area (Å²) in [6.07, 6.45) is 1.09. The van der Waals surface area contributed by atoms with Crippen molar-refractivity contribution >= 4 is 35.2 Å². The summed E-state index contributed by atoms with van der Waals surface area (Å²) in [5, 5.41) is 13.9. The summed E-state index contributed by atoms with van der Waals surface area (Å²) in [6, 6.07) is 10.9. The third-order valence-electron chi connectivity index (χ3n) is 3.53. The molecule has 2 aromatic rings. The van der Waals surface area contributed by atoms with Crippen LogP contribution in [0.25, 0.3) is 0 Å². The van der Waals surface area contributed by atoms with Gasteiger partial charge in [0.2, 0.25) is 0 Å². The lowest BCUT2D eigenvalue weighted by Gasteiger charge is -2.35. The van der Waals surface area contributed by atoms with Gasteiger partial charge in [-0.3, -0.25) is 10.1 Å². The van der Waals surface area contributed by atoms with Gasteiger partial charge in [-0.1, -0.05) is 18.2 Å². The van der Waals surface area contributed by atoms with Crippen molar-refractivity contribution in [1.82, 2.24) is 4.42 Å². The van der Waals surface area contributed by atoms with Gasteiger partial charge in [-0.2, -0.15) is 4.39 Å². The van der Waals surface area contributed by atoms with Crippen LogP contribution in [0.4, 0.5) is 21.5 Å². The molecule has 0 saturated heterocycles. The number of alkyl halides is 1. The van der Waals surface area contributed by atoms with Gasteiger partial charge >= 0.3 is 11.6 Å². The van der Waals surface area contributed by atoms with Gasteiger partial charge < -0.3 is 10.1 Å². The number of rotatable bonds is 4. The number of para-hydroxylation sites is 1. The average Bonchev–Trinajstić information content (AvgIpc) is 2.58.